The quantitative estimate of drug-likeness (QED) is 0.825. The monoisotopic (exact) mass is 348 g/mol. The summed E-state index contributed by atoms with van der Waals surface area (Å²) < 4.78 is 27.8. The van der Waals surface area contributed by atoms with Crippen LogP contribution in [-0.2, 0) is 15.4 Å². The Morgan fingerprint density at radius 1 is 1.08 bits per heavy atom. The molecule has 3 aliphatic rings. The molecular weight excluding hydrogens is 320 g/mol. The van der Waals surface area contributed by atoms with Gasteiger partial charge in [0.05, 0.1) is 5.25 Å². The topological polar surface area (TPSA) is 40.6 Å². The molecule has 1 unspecified atom stereocenters. The Kier molecular flexibility index (Phi) is 4.01. The van der Waals surface area contributed by atoms with Crippen LogP contribution < -0.4 is 0 Å². The number of fused-ring (bicyclic) bond motifs is 3. The third kappa shape index (κ3) is 2.61. The van der Waals surface area contributed by atoms with E-state index in [2.05, 4.69) is 43.0 Å². The second-order valence-electron chi connectivity index (χ2n) is 8.27. The van der Waals surface area contributed by atoms with E-state index < -0.39 is 10.0 Å². The average molecular weight is 349 g/mol. The van der Waals surface area contributed by atoms with Crippen molar-refractivity contribution in [2.75, 3.05) is 26.2 Å². The fourth-order valence-corrected chi connectivity index (χ4v) is 6.94. The molecule has 24 heavy (non-hydrogen) atoms. The fraction of sp³-hybridized carbons (Fsp3) is 0.684. The third-order valence-corrected chi connectivity index (χ3v) is 8.55. The Balaban J connectivity index is 1.64. The maximum absolute atomic E-state index is 13.0. The van der Waals surface area contributed by atoms with E-state index in [-0.39, 0.29) is 16.7 Å². The van der Waals surface area contributed by atoms with Gasteiger partial charge in [-0.05, 0) is 24.0 Å². The molecule has 0 spiro atoms. The molecule has 1 aliphatic carbocycles. The molecule has 2 fully saturated rings. The Morgan fingerprint density at radius 3 is 2.54 bits per heavy atom. The summed E-state index contributed by atoms with van der Waals surface area (Å²) in [5.74, 6) is 0. The van der Waals surface area contributed by atoms with Crippen LogP contribution in [0.3, 0.4) is 0 Å². The molecule has 4 nitrogen and oxygen atoms in total. The fourth-order valence-electron chi connectivity index (χ4n) is 4.90. The summed E-state index contributed by atoms with van der Waals surface area (Å²) in [7, 11) is -3.14. The SMILES string of the molecule is CC1(C)CN2CCN(S(=O)(=O)C3CCCC3)CC2c2ccccc21. The normalized spacial score (nSPS) is 28.5. The molecule has 0 bridgehead atoms. The van der Waals surface area contributed by atoms with Crippen molar-refractivity contribution in [1.82, 2.24) is 9.21 Å². The van der Waals surface area contributed by atoms with Gasteiger partial charge in [-0.1, -0.05) is 51.0 Å². The lowest BCUT2D eigenvalue weighted by Crippen LogP contribution is -2.56. The van der Waals surface area contributed by atoms with Gasteiger partial charge in [0, 0.05) is 37.6 Å². The number of piperazine rings is 1. The molecule has 0 aromatic heterocycles. The smallest absolute Gasteiger partial charge is 0.217 e. The molecule has 5 heteroatoms. The Labute approximate surface area is 145 Å². The first-order valence-electron chi connectivity index (χ1n) is 9.22. The first kappa shape index (κ1) is 16.6. The molecular formula is C19H28N2O2S. The number of nitrogens with zero attached hydrogens (tertiary/aromatic N) is 2. The maximum Gasteiger partial charge on any atom is 0.217 e. The van der Waals surface area contributed by atoms with Gasteiger partial charge in [0.2, 0.25) is 10.0 Å². The standard InChI is InChI=1S/C19H28N2O2S/c1-19(2)14-20-11-12-21(24(22,23)15-7-3-4-8-15)13-18(20)16-9-5-6-10-17(16)19/h5-6,9-10,15,18H,3-4,7-8,11-14H2,1-2H3. The van der Waals surface area contributed by atoms with Crippen molar-refractivity contribution in [1.29, 1.82) is 0 Å². The minimum absolute atomic E-state index is 0.125. The largest absolute Gasteiger partial charge is 0.293 e. The van der Waals surface area contributed by atoms with Crippen LogP contribution in [0.4, 0.5) is 0 Å². The van der Waals surface area contributed by atoms with Gasteiger partial charge < -0.3 is 0 Å². The number of benzene rings is 1. The predicted octanol–water partition coefficient (Wildman–Crippen LogP) is 2.91. The van der Waals surface area contributed by atoms with Crippen molar-refractivity contribution in [3.8, 4) is 0 Å². The van der Waals surface area contributed by atoms with E-state index >= 15 is 0 Å². The van der Waals surface area contributed by atoms with Crippen molar-refractivity contribution >= 4 is 10.0 Å². The maximum atomic E-state index is 13.0. The van der Waals surface area contributed by atoms with Crippen LogP contribution in [0.1, 0.15) is 56.7 Å². The van der Waals surface area contributed by atoms with E-state index in [0.717, 1.165) is 38.8 Å². The summed E-state index contributed by atoms with van der Waals surface area (Å²) >= 11 is 0. The minimum Gasteiger partial charge on any atom is -0.293 e. The number of hydrogen-bond acceptors (Lipinski definition) is 3. The van der Waals surface area contributed by atoms with Gasteiger partial charge in [-0.25, -0.2) is 8.42 Å². The third-order valence-electron chi connectivity index (χ3n) is 6.18. The molecule has 0 N–H and O–H groups in total. The molecule has 1 atom stereocenters. The molecule has 2 aliphatic heterocycles. The van der Waals surface area contributed by atoms with Crippen molar-refractivity contribution in [3.63, 3.8) is 0 Å². The summed E-state index contributed by atoms with van der Waals surface area (Å²) in [6, 6.07) is 8.81. The van der Waals surface area contributed by atoms with Gasteiger partial charge in [0.25, 0.3) is 0 Å². The molecule has 4 rings (SSSR count). The highest BCUT2D eigenvalue weighted by Crippen LogP contribution is 2.42. The van der Waals surface area contributed by atoms with Crippen molar-refractivity contribution < 1.29 is 8.42 Å². The summed E-state index contributed by atoms with van der Waals surface area (Å²) in [5, 5.41) is -0.140. The number of hydrogen-bond donors (Lipinski definition) is 0. The van der Waals surface area contributed by atoms with Crippen LogP contribution in [-0.4, -0.2) is 49.1 Å². The van der Waals surface area contributed by atoms with Crippen LogP contribution in [0.5, 0.6) is 0 Å². The molecule has 1 saturated carbocycles. The van der Waals surface area contributed by atoms with Gasteiger partial charge >= 0.3 is 0 Å². The number of sulfonamides is 1. The molecule has 0 radical (unpaired) electrons. The molecule has 1 aromatic rings. The van der Waals surface area contributed by atoms with Gasteiger partial charge in [-0.15, -0.1) is 0 Å². The van der Waals surface area contributed by atoms with Gasteiger partial charge in [0.15, 0.2) is 0 Å². The first-order chi connectivity index (χ1) is 11.4. The van der Waals surface area contributed by atoms with Crippen molar-refractivity contribution in [2.45, 2.75) is 56.2 Å². The van der Waals surface area contributed by atoms with Crippen LogP contribution in [0.2, 0.25) is 0 Å². The molecule has 132 valence electrons. The van der Waals surface area contributed by atoms with Gasteiger partial charge in [-0.2, -0.15) is 4.31 Å². The van der Waals surface area contributed by atoms with E-state index in [4.69, 9.17) is 0 Å². The van der Waals surface area contributed by atoms with Crippen molar-refractivity contribution in [2.24, 2.45) is 0 Å². The summed E-state index contributed by atoms with van der Waals surface area (Å²) in [4.78, 5) is 2.49. The van der Waals surface area contributed by atoms with E-state index in [1.807, 2.05) is 0 Å². The zero-order chi connectivity index (χ0) is 16.9. The zero-order valence-corrected chi connectivity index (χ0v) is 15.6. The lowest BCUT2D eigenvalue weighted by atomic mass is 9.75. The van der Waals surface area contributed by atoms with Crippen LogP contribution in [0.15, 0.2) is 24.3 Å². The van der Waals surface area contributed by atoms with Gasteiger partial charge in [-0.3, -0.25) is 4.90 Å². The Hall–Kier alpha value is -0.910. The van der Waals surface area contributed by atoms with E-state index in [1.54, 1.807) is 4.31 Å². The second-order valence-corrected chi connectivity index (χ2v) is 10.5. The van der Waals surface area contributed by atoms with E-state index in [0.29, 0.717) is 13.1 Å². The highest BCUT2D eigenvalue weighted by molar-refractivity contribution is 7.89. The lowest BCUT2D eigenvalue weighted by molar-refractivity contribution is 0.0803. The highest BCUT2D eigenvalue weighted by atomic mass is 32.2. The Bertz CT molecular complexity index is 723. The Morgan fingerprint density at radius 2 is 1.79 bits per heavy atom. The van der Waals surface area contributed by atoms with E-state index in [1.165, 1.54) is 11.1 Å². The summed E-state index contributed by atoms with van der Waals surface area (Å²) in [6.07, 6.45) is 3.81. The molecule has 2 heterocycles. The zero-order valence-electron chi connectivity index (χ0n) is 14.7. The van der Waals surface area contributed by atoms with Crippen LogP contribution in [0.25, 0.3) is 0 Å². The van der Waals surface area contributed by atoms with Gasteiger partial charge in [0.1, 0.15) is 0 Å². The van der Waals surface area contributed by atoms with Crippen LogP contribution in [0, 0.1) is 0 Å². The van der Waals surface area contributed by atoms with Crippen LogP contribution >= 0.6 is 0 Å². The molecule has 0 amide bonds. The molecule has 1 saturated heterocycles. The summed E-state index contributed by atoms with van der Waals surface area (Å²) in [6.45, 7) is 7.70. The summed E-state index contributed by atoms with van der Waals surface area (Å²) in [5.41, 5.74) is 2.82. The predicted molar refractivity (Wildman–Crippen MR) is 96.5 cm³/mol. The first-order valence-corrected chi connectivity index (χ1v) is 10.7. The second kappa shape index (κ2) is 5.82. The van der Waals surface area contributed by atoms with E-state index in [9.17, 15) is 8.42 Å². The van der Waals surface area contributed by atoms with Crippen molar-refractivity contribution in [3.05, 3.63) is 35.4 Å². The number of rotatable bonds is 2. The highest BCUT2D eigenvalue weighted by Gasteiger charge is 2.44. The molecule has 1 aromatic carbocycles. The lowest BCUT2D eigenvalue weighted by Gasteiger charge is -2.49. The average Bonchev–Trinajstić information content (AvgIpc) is 3.09. The minimum atomic E-state index is -3.14.